The molecule has 0 radical (unpaired) electrons. The first-order chi connectivity index (χ1) is 15.2. The van der Waals surface area contributed by atoms with Crippen molar-refractivity contribution in [2.45, 2.75) is 25.4 Å². The number of aliphatic hydroxyl groups is 1. The Bertz CT molecular complexity index is 1220. The number of hydrogen-bond acceptors (Lipinski definition) is 6. The molecule has 1 amide bonds. The minimum absolute atomic E-state index is 0.104. The number of nitrogens with zero attached hydrogens (tertiary/aromatic N) is 1. The molecule has 2 aliphatic heterocycles. The van der Waals surface area contributed by atoms with Crippen molar-refractivity contribution in [3.8, 4) is 5.75 Å². The van der Waals surface area contributed by atoms with E-state index in [4.69, 9.17) is 4.74 Å². The Morgan fingerprint density at radius 1 is 1.19 bits per heavy atom. The lowest BCUT2D eigenvalue weighted by atomic mass is 9.94. The smallest absolute Gasteiger partial charge is 0.295 e. The number of Topliss-reactive ketones (excluding diaryl/α,β-unsaturated/α-hetero) is 1. The van der Waals surface area contributed by atoms with E-state index < -0.39 is 45.2 Å². The summed E-state index contributed by atoms with van der Waals surface area (Å²) >= 11 is 0. The molecule has 9 heteroatoms. The van der Waals surface area contributed by atoms with Gasteiger partial charge in [-0.25, -0.2) is 12.8 Å². The third-order valence-electron chi connectivity index (χ3n) is 5.66. The highest BCUT2D eigenvalue weighted by molar-refractivity contribution is 7.91. The van der Waals surface area contributed by atoms with Gasteiger partial charge in [0.05, 0.1) is 29.7 Å². The Balaban J connectivity index is 1.88. The van der Waals surface area contributed by atoms with Gasteiger partial charge >= 0.3 is 0 Å². The van der Waals surface area contributed by atoms with Gasteiger partial charge in [-0.15, -0.1) is 0 Å². The van der Waals surface area contributed by atoms with E-state index >= 15 is 0 Å². The summed E-state index contributed by atoms with van der Waals surface area (Å²) in [5, 5.41) is 11.1. The Kier molecular flexibility index (Phi) is 5.77. The van der Waals surface area contributed by atoms with Crippen LogP contribution in [0.3, 0.4) is 0 Å². The second-order valence-electron chi connectivity index (χ2n) is 7.78. The molecule has 2 atom stereocenters. The minimum atomic E-state index is -3.36. The molecule has 0 bridgehead atoms. The van der Waals surface area contributed by atoms with E-state index in [1.54, 1.807) is 31.2 Å². The lowest BCUT2D eigenvalue weighted by molar-refractivity contribution is -0.141. The van der Waals surface area contributed by atoms with Gasteiger partial charge in [-0.1, -0.05) is 24.3 Å². The number of ether oxygens (including phenoxy) is 1. The number of carbonyl (C=O) groups is 2. The van der Waals surface area contributed by atoms with Crippen molar-refractivity contribution in [1.82, 2.24) is 4.90 Å². The second-order valence-corrected chi connectivity index (χ2v) is 10.0. The Morgan fingerprint density at radius 2 is 1.94 bits per heavy atom. The maximum absolute atomic E-state index is 14.1. The zero-order valence-corrected chi connectivity index (χ0v) is 18.1. The number of hydrogen-bond donors (Lipinski definition) is 1. The molecule has 0 aliphatic carbocycles. The number of carbonyl (C=O) groups excluding carboxylic acids is 2. The molecule has 0 aromatic heterocycles. The molecule has 4 rings (SSSR count). The van der Waals surface area contributed by atoms with Crippen molar-refractivity contribution in [1.29, 1.82) is 0 Å². The van der Waals surface area contributed by atoms with Crippen LogP contribution in [0.5, 0.6) is 5.75 Å². The molecule has 0 saturated carbocycles. The molecule has 32 heavy (non-hydrogen) atoms. The van der Waals surface area contributed by atoms with Gasteiger partial charge in [0.25, 0.3) is 11.7 Å². The second kappa shape index (κ2) is 8.38. The van der Waals surface area contributed by atoms with E-state index in [9.17, 15) is 27.5 Å². The van der Waals surface area contributed by atoms with Gasteiger partial charge in [0.2, 0.25) is 0 Å². The summed E-state index contributed by atoms with van der Waals surface area (Å²) in [5.41, 5.74) is 0.323. The highest BCUT2D eigenvalue weighted by Crippen LogP contribution is 2.42. The first-order valence-corrected chi connectivity index (χ1v) is 12.0. The molecule has 1 N–H and O–H groups in total. The fraction of sp³-hybridized carbons (Fsp3) is 0.304. The van der Waals surface area contributed by atoms with Gasteiger partial charge in [-0.05, 0) is 43.2 Å². The first-order valence-electron chi connectivity index (χ1n) is 10.2. The zero-order chi connectivity index (χ0) is 23.0. The number of sulfone groups is 1. The van der Waals surface area contributed by atoms with E-state index in [1.165, 1.54) is 29.2 Å². The maximum Gasteiger partial charge on any atom is 0.295 e. The number of amides is 1. The van der Waals surface area contributed by atoms with Crippen LogP contribution in [-0.4, -0.2) is 54.3 Å². The third kappa shape index (κ3) is 4.00. The fourth-order valence-corrected chi connectivity index (χ4v) is 5.99. The molecule has 7 nitrogen and oxygen atoms in total. The Hall–Kier alpha value is -3.20. The molecule has 2 aromatic rings. The van der Waals surface area contributed by atoms with Gasteiger partial charge in [0.1, 0.15) is 17.3 Å². The van der Waals surface area contributed by atoms with Crippen LogP contribution in [0.15, 0.2) is 54.1 Å². The zero-order valence-electron chi connectivity index (χ0n) is 17.3. The molecular formula is C23H22FNO6S. The van der Waals surface area contributed by atoms with E-state index in [0.29, 0.717) is 12.4 Å². The van der Waals surface area contributed by atoms with Crippen molar-refractivity contribution in [2.24, 2.45) is 0 Å². The molecule has 2 fully saturated rings. The van der Waals surface area contributed by atoms with Gasteiger partial charge in [0.15, 0.2) is 9.84 Å². The van der Waals surface area contributed by atoms with Gasteiger partial charge in [-0.2, -0.15) is 0 Å². The molecule has 2 aromatic carbocycles. The van der Waals surface area contributed by atoms with E-state index in [-0.39, 0.29) is 34.6 Å². The molecule has 0 spiro atoms. The normalized spacial score (nSPS) is 24.1. The summed E-state index contributed by atoms with van der Waals surface area (Å²) in [6.07, 6.45) is 0.168. The summed E-state index contributed by atoms with van der Waals surface area (Å²) in [4.78, 5) is 27.2. The summed E-state index contributed by atoms with van der Waals surface area (Å²) in [6.45, 7) is 2.20. The van der Waals surface area contributed by atoms with Crippen LogP contribution in [0.1, 0.15) is 30.5 Å². The van der Waals surface area contributed by atoms with Gasteiger partial charge in [-0.3, -0.25) is 9.59 Å². The van der Waals surface area contributed by atoms with Crippen molar-refractivity contribution < 1.29 is 32.2 Å². The van der Waals surface area contributed by atoms with Crippen LogP contribution < -0.4 is 4.74 Å². The first kappa shape index (κ1) is 22.0. The molecular weight excluding hydrogens is 437 g/mol. The lowest BCUT2D eigenvalue weighted by Gasteiger charge is -2.30. The SMILES string of the molecule is CCOc1cccc(C(O)=C2C(=O)C(=O)N(C3CCS(=O)(=O)C3)C2c2cccc(F)c2)c1. The van der Waals surface area contributed by atoms with Crippen LogP contribution in [0.4, 0.5) is 4.39 Å². The van der Waals surface area contributed by atoms with E-state index in [1.807, 2.05) is 0 Å². The van der Waals surface area contributed by atoms with Crippen LogP contribution in [0.25, 0.3) is 5.76 Å². The predicted molar refractivity (Wildman–Crippen MR) is 115 cm³/mol. The highest BCUT2D eigenvalue weighted by atomic mass is 32.2. The summed E-state index contributed by atoms with van der Waals surface area (Å²) in [6, 6.07) is 9.94. The molecule has 2 unspecified atom stereocenters. The summed E-state index contributed by atoms with van der Waals surface area (Å²) < 4.78 is 43.6. The van der Waals surface area contributed by atoms with Crippen LogP contribution in [0, 0.1) is 5.82 Å². The van der Waals surface area contributed by atoms with Crippen molar-refractivity contribution in [2.75, 3.05) is 18.1 Å². The van der Waals surface area contributed by atoms with Crippen molar-refractivity contribution >= 4 is 27.3 Å². The lowest BCUT2D eigenvalue weighted by Crippen LogP contribution is -2.40. The quantitative estimate of drug-likeness (QED) is 0.419. The molecule has 2 saturated heterocycles. The van der Waals surface area contributed by atoms with Gasteiger partial charge < -0.3 is 14.7 Å². The summed E-state index contributed by atoms with van der Waals surface area (Å²) in [7, 11) is -3.36. The number of halogens is 1. The summed E-state index contributed by atoms with van der Waals surface area (Å²) in [5.74, 6) is -2.78. The van der Waals surface area contributed by atoms with E-state index in [0.717, 1.165) is 0 Å². The predicted octanol–water partition coefficient (Wildman–Crippen LogP) is 2.83. The molecule has 2 aliphatic rings. The monoisotopic (exact) mass is 459 g/mol. The van der Waals surface area contributed by atoms with Crippen molar-refractivity contribution in [3.05, 3.63) is 71.0 Å². The average molecular weight is 459 g/mol. The number of benzene rings is 2. The van der Waals surface area contributed by atoms with Gasteiger partial charge in [0, 0.05) is 11.6 Å². The van der Waals surface area contributed by atoms with Crippen LogP contribution in [-0.2, 0) is 19.4 Å². The highest BCUT2D eigenvalue weighted by Gasteiger charge is 2.51. The molecule has 168 valence electrons. The Labute approximate surface area is 185 Å². The Morgan fingerprint density at radius 3 is 2.59 bits per heavy atom. The van der Waals surface area contributed by atoms with Crippen LogP contribution >= 0.6 is 0 Å². The van der Waals surface area contributed by atoms with Crippen molar-refractivity contribution in [3.63, 3.8) is 0 Å². The standard InChI is InChI=1S/C23H22FNO6S/c1-2-31-18-8-4-6-15(12-18)21(26)19-20(14-5-3-7-16(24)11-14)25(23(28)22(19)27)17-9-10-32(29,30)13-17/h3-8,11-12,17,20,26H,2,9-10,13H2,1H3. The minimum Gasteiger partial charge on any atom is -0.507 e. The fourth-order valence-electron chi connectivity index (χ4n) is 4.28. The third-order valence-corrected chi connectivity index (χ3v) is 7.42. The number of likely N-dealkylation sites (tertiary alicyclic amines) is 1. The average Bonchev–Trinajstić information content (AvgIpc) is 3.24. The van der Waals surface area contributed by atoms with E-state index in [2.05, 4.69) is 0 Å². The topological polar surface area (TPSA) is 101 Å². The largest absolute Gasteiger partial charge is 0.507 e. The number of rotatable bonds is 5. The number of aliphatic hydroxyl groups excluding tert-OH is 1. The molecule has 2 heterocycles. The maximum atomic E-state index is 14.1. The van der Waals surface area contributed by atoms with Crippen LogP contribution in [0.2, 0.25) is 0 Å². The number of ketones is 1.